The third-order valence-corrected chi connectivity index (χ3v) is 2.53. The molecule has 106 valence electrons. The van der Waals surface area contributed by atoms with Gasteiger partial charge in [-0.25, -0.2) is 4.79 Å². The number of carbonyl (C=O) groups is 2. The molecule has 2 N–H and O–H groups in total. The third-order valence-electron chi connectivity index (χ3n) is 1.97. The minimum absolute atomic E-state index is 0.135. The maximum Gasteiger partial charge on any atom is 0.404 e. The molecule has 0 aliphatic carbocycles. The lowest BCUT2D eigenvalue weighted by Gasteiger charge is -1.99. The molecule has 6 heteroatoms. The molecule has 0 spiro atoms. The van der Waals surface area contributed by atoms with E-state index in [0.717, 1.165) is 17.3 Å². The highest BCUT2D eigenvalue weighted by Gasteiger charge is 1.95. The SMILES string of the molecule is COC(=O)CCCBr.NC(=O)OCc1ccccc1. The van der Waals surface area contributed by atoms with Crippen molar-refractivity contribution < 1.29 is 19.1 Å². The van der Waals surface area contributed by atoms with Gasteiger partial charge in [-0.2, -0.15) is 0 Å². The van der Waals surface area contributed by atoms with Crippen LogP contribution in [-0.2, 0) is 20.9 Å². The number of benzene rings is 1. The van der Waals surface area contributed by atoms with Crippen LogP contribution in [0.1, 0.15) is 18.4 Å². The Kier molecular flexibility index (Phi) is 10.6. The van der Waals surface area contributed by atoms with E-state index in [-0.39, 0.29) is 12.6 Å². The van der Waals surface area contributed by atoms with Gasteiger partial charge >= 0.3 is 12.1 Å². The number of carbonyl (C=O) groups excluding carboxylic acids is 2. The predicted molar refractivity (Wildman–Crippen MR) is 75.9 cm³/mol. The molecule has 1 aromatic carbocycles. The van der Waals surface area contributed by atoms with Gasteiger partial charge in [-0.1, -0.05) is 46.3 Å². The van der Waals surface area contributed by atoms with Crippen LogP contribution in [0.25, 0.3) is 0 Å². The number of rotatable bonds is 5. The fourth-order valence-electron chi connectivity index (χ4n) is 1.04. The van der Waals surface area contributed by atoms with Gasteiger partial charge in [0.1, 0.15) is 6.61 Å². The van der Waals surface area contributed by atoms with Crippen molar-refractivity contribution >= 4 is 28.0 Å². The molecule has 0 saturated heterocycles. The Morgan fingerprint density at radius 2 is 1.89 bits per heavy atom. The quantitative estimate of drug-likeness (QED) is 0.664. The van der Waals surface area contributed by atoms with Crippen molar-refractivity contribution in [3.63, 3.8) is 0 Å². The highest BCUT2D eigenvalue weighted by Crippen LogP contribution is 1.99. The Bertz CT molecular complexity index is 370. The summed E-state index contributed by atoms with van der Waals surface area (Å²) in [6.07, 6.45) is 0.628. The molecule has 0 bridgehead atoms. The van der Waals surface area contributed by atoms with E-state index in [4.69, 9.17) is 5.73 Å². The first kappa shape index (κ1) is 17.4. The molecule has 0 heterocycles. The van der Waals surface area contributed by atoms with Crippen LogP contribution in [0.2, 0.25) is 0 Å². The van der Waals surface area contributed by atoms with Gasteiger partial charge in [-0.3, -0.25) is 4.79 Å². The molecule has 0 radical (unpaired) electrons. The first-order valence-electron chi connectivity index (χ1n) is 5.69. The van der Waals surface area contributed by atoms with E-state index < -0.39 is 6.09 Å². The Hall–Kier alpha value is -1.56. The summed E-state index contributed by atoms with van der Waals surface area (Å²) in [6.45, 7) is 0.246. The molecule has 0 atom stereocenters. The number of nitrogens with two attached hydrogens (primary N) is 1. The summed E-state index contributed by atoms with van der Waals surface area (Å²) in [6, 6.07) is 9.37. The minimum atomic E-state index is -0.742. The summed E-state index contributed by atoms with van der Waals surface area (Å²) in [7, 11) is 1.40. The molecule has 0 aromatic heterocycles. The second-order valence-corrected chi connectivity index (χ2v) is 4.25. The van der Waals surface area contributed by atoms with Crippen molar-refractivity contribution in [2.75, 3.05) is 12.4 Å². The van der Waals surface area contributed by atoms with Gasteiger partial charge in [0.2, 0.25) is 0 Å². The zero-order valence-electron chi connectivity index (χ0n) is 10.8. The van der Waals surface area contributed by atoms with E-state index in [1.54, 1.807) is 0 Å². The van der Waals surface area contributed by atoms with Crippen LogP contribution in [0, 0.1) is 0 Å². The number of hydrogen-bond donors (Lipinski definition) is 1. The molecule has 0 saturated carbocycles. The molecule has 1 rings (SSSR count). The molecule has 19 heavy (non-hydrogen) atoms. The van der Waals surface area contributed by atoms with E-state index in [2.05, 4.69) is 25.4 Å². The largest absolute Gasteiger partial charge is 0.469 e. The molecule has 5 nitrogen and oxygen atoms in total. The van der Waals surface area contributed by atoms with Crippen LogP contribution < -0.4 is 5.73 Å². The standard InChI is InChI=1S/C8H9NO2.C5H9BrO2/c9-8(10)11-6-7-4-2-1-3-5-7;1-8-5(7)3-2-4-6/h1-5H,6H2,(H2,9,10);2-4H2,1H3. The lowest BCUT2D eigenvalue weighted by atomic mass is 10.2. The van der Waals surface area contributed by atoms with E-state index in [1.165, 1.54) is 7.11 Å². The van der Waals surface area contributed by atoms with Crippen LogP contribution in [0.3, 0.4) is 0 Å². The van der Waals surface area contributed by atoms with E-state index in [1.807, 2.05) is 30.3 Å². The van der Waals surface area contributed by atoms with Crippen molar-refractivity contribution in [1.29, 1.82) is 0 Å². The predicted octanol–water partition coefficient (Wildman–Crippen LogP) is 2.62. The smallest absolute Gasteiger partial charge is 0.404 e. The number of methoxy groups -OCH3 is 1. The number of halogens is 1. The van der Waals surface area contributed by atoms with Crippen LogP contribution >= 0.6 is 15.9 Å². The molecular weight excluding hydrogens is 314 g/mol. The Balaban J connectivity index is 0.000000362. The second kappa shape index (κ2) is 11.5. The van der Waals surface area contributed by atoms with E-state index in [0.29, 0.717) is 6.42 Å². The van der Waals surface area contributed by atoms with Gasteiger partial charge in [-0.05, 0) is 12.0 Å². The normalized spacial score (nSPS) is 8.95. The topological polar surface area (TPSA) is 78.6 Å². The fraction of sp³-hybridized carbons (Fsp3) is 0.385. The maximum absolute atomic E-state index is 10.3. The Labute approximate surface area is 121 Å². The zero-order chi connectivity index (χ0) is 14.5. The second-order valence-electron chi connectivity index (χ2n) is 3.46. The summed E-state index contributed by atoms with van der Waals surface area (Å²) in [5.74, 6) is -0.135. The molecule has 1 aromatic rings. The summed E-state index contributed by atoms with van der Waals surface area (Å²) in [4.78, 5) is 20.5. The summed E-state index contributed by atoms with van der Waals surface area (Å²) >= 11 is 3.20. The number of esters is 1. The van der Waals surface area contributed by atoms with Crippen LogP contribution in [0.4, 0.5) is 4.79 Å². The van der Waals surface area contributed by atoms with Gasteiger partial charge in [0.25, 0.3) is 0 Å². The number of hydrogen-bond acceptors (Lipinski definition) is 4. The monoisotopic (exact) mass is 331 g/mol. The highest BCUT2D eigenvalue weighted by atomic mass is 79.9. The van der Waals surface area contributed by atoms with E-state index >= 15 is 0 Å². The summed E-state index contributed by atoms with van der Waals surface area (Å²) < 4.78 is 8.96. The number of ether oxygens (including phenoxy) is 2. The summed E-state index contributed by atoms with van der Waals surface area (Å²) in [5, 5.41) is 0.863. The van der Waals surface area contributed by atoms with Crippen LogP contribution in [0.15, 0.2) is 30.3 Å². The van der Waals surface area contributed by atoms with Crippen molar-refractivity contribution in [2.24, 2.45) is 5.73 Å². The first-order chi connectivity index (χ1) is 9.10. The van der Waals surface area contributed by atoms with Crippen molar-refractivity contribution in [2.45, 2.75) is 19.4 Å². The van der Waals surface area contributed by atoms with Gasteiger partial charge in [0.15, 0.2) is 0 Å². The molecule has 0 aliphatic heterocycles. The Morgan fingerprint density at radius 3 is 2.37 bits per heavy atom. The molecule has 0 fully saturated rings. The van der Waals surface area contributed by atoms with Crippen LogP contribution in [0.5, 0.6) is 0 Å². The molecule has 1 amide bonds. The van der Waals surface area contributed by atoms with E-state index in [9.17, 15) is 9.59 Å². The van der Waals surface area contributed by atoms with Crippen LogP contribution in [-0.4, -0.2) is 24.5 Å². The fourth-order valence-corrected chi connectivity index (χ4v) is 1.32. The average molecular weight is 332 g/mol. The number of primary amides is 1. The van der Waals surface area contributed by atoms with Gasteiger partial charge < -0.3 is 15.2 Å². The average Bonchev–Trinajstić information content (AvgIpc) is 2.44. The Morgan fingerprint density at radius 1 is 1.26 bits per heavy atom. The van der Waals surface area contributed by atoms with Crippen molar-refractivity contribution in [3.8, 4) is 0 Å². The third kappa shape index (κ3) is 11.3. The van der Waals surface area contributed by atoms with Gasteiger partial charge in [0, 0.05) is 11.8 Å². The molecule has 0 aliphatic rings. The lowest BCUT2D eigenvalue weighted by molar-refractivity contribution is -0.140. The van der Waals surface area contributed by atoms with Gasteiger partial charge in [0.05, 0.1) is 7.11 Å². The first-order valence-corrected chi connectivity index (χ1v) is 6.81. The van der Waals surface area contributed by atoms with Crippen molar-refractivity contribution in [3.05, 3.63) is 35.9 Å². The number of amides is 1. The minimum Gasteiger partial charge on any atom is -0.469 e. The highest BCUT2D eigenvalue weighted by molar-refractivity contribution is 9.09. The zero-order valence-corrected chi connectivity index (χ0v) is 12.4. The van der Waals surface area contributed by atoms with Crippen molar-refractivity contribution in [1.82, 2.24) is 0 Å². The summed E-state index contributed by atoms with van der Waals surface area (Å²) in [5.41, 5.74) is 5.72. The maximum atomic E-state index is 10.3. The molecule has 0 unspecified atom stereocenters. The lowest BCUT2D eigenvalue weighted by Crippen LogP contribution is -2.12. The van der Waals surface area contributed by atoms with Gasteiger partial charge in [-0.15, -0.1) is 0 Å². The molecular formula is C13H18BrNO4. The number of alkyl halides is 1.